The van der Waals surface area contributed by atoms with Crippen molar-refractivity contribution >= 4 is 21.7 Å². The molecule has 148 valence electrons. The molecule has 4 saturated carbocycles. The maximum absolute atomic E-state index is 13.3. The molecule has 1 N–H and O–H groups in total. The van der Waals surface area contributed by atoms with Gasteiger partial charge in [-0.1, -0.05) is 22.9 Å². The molecule has 0 heterocycles. The highest BCUT2D eigenvalue weighted by atomic mass is 79.9. The van der Waals surface area contributed by atoms with Gasteiger partial charge < -0.3 is 5.11 Å². The van der Waals surface area contributed by atoms with Crippen molar-refractivity contribution in [2.24, 2.45) is 40.9 Å². The van der Waals surface area contributed by atoms with Crippen LogP contribution in [0.4, 0.5) is 8.78 Å². The molecule has 0 spiro atoms. The maximum atomic E-state index is 13.3. The van der Waals surface area contributed by atoms with Gasteiger partial charge in [-0.05, 0) is 92.8 Å². The summed E-state index contributed by atoms with van der Waals surface area (Å²) in [5.74, 6) is 3.21. The lowest BCUT2D eigenvalue weighted by Gasteiger charge is -2.57. The fourth-order valence-corrected chi connectivity index (χ4v) is 8.12. The van der Waals surface area contributed by atoms with E-state index in [1.807, 2.05) is 0 Å². The van der Waals surface area contributed by atoms with Gasteiger partial charge in [0.2, 0.25) is 0 Å². The summed E-state index contributed by atoms with van der Waals surface area (Å²) in [5, 5.41) is 10.8. The molecule has 0 unspecified atom stereocenters. The van der Waals surface area contributed by atoms with Crippen LogP contribution in [-0.2, 0) is 4.79 Å². The predicted molar refractivity (Wildman–Crippen MR) is 100 cm³/mol. The van der Waals surface area contributed by atoms with Crippen molar-refractivity contribution < 1.29 is 18.7 Å². The van der Waals surface area contributed by atoms with E-state index >= 15 is 0 Å². The number of carbonyl (C=O) groups excluding carboxylic acids is 1. The second-order valence-corrected chi connectivity index (χ2v) is 10.4. The predicted octanol–water partition coefficient (Wildman–Crippen LogP) is 5.22. The quantitative estimate of drug-likeness (QED) is 0.620. The molecular formula is C21H31BrF2O2. The van der Waals surface area contributed by atoms with Gasteiger partial charge in [0.1, 0.15) is 11.4 Å². The lowest BCUT2D eigenvalue weighted by Crippen LogP contribution is -2.53. The minimum absolute atomic E-state index is 0.136. The van der Waals surface area contributed by atoms with Crippen molar-refractivity contribution in [2.45, 2.75) is 76.7 Å². The number of ketones is 1. The number of carbonyl (C=O) groups is 1. The lowest BCUT2D eigenvalue weighted by molar-refractivity contribution is -0.160. The van der Waals surface area contributed by atoms with Crippen LogP contribution in [0.15, 0.2) is 0 Å². The van der Waals surface area contributed by atoms with E-state index in [1.165, 1.54) is 0 Å². The van der Waals surface area contributed by atoms with Crippen molar-refractivity contribution in [1.29, 1.82) is 0 Å². The van der Waals surface area contributed by atoms with E-state index in [2.05, 4.69) is 22.9 Å². The van der Waals surface area contributed by atoms with Crippen LogP contribution in [0.1, 0.15) is 64.7 Å². The maximum Gasteiger partial charge on any atom is 0.266 e. The first kappa shape index (κ1) is 19.3. The molecule has 2 nitrogen and oxygen atoms in total. The molecule has 4 aliphatic rings. The molecule has 0 aromatic rings. The second-order valence-electron chi connectivity index (χ2n) is 9.86. The standard InChI is InChI=1S/C21H31BrF2O2/c1-20-8-6-14-13-7-9-21(26,19(23)24)10-12(13)2-3-15(14)16(20)4-5-17(20)18(25)11-22/h12-17,19,26H,2-11H2,1H3/t12-,13-,14+,15+,16-,17+,20-,21-/m0/s1. The van der Waals surface area contributed by atoms with Gasteiger partial charge >= 0.3 is 0 Å². The van der Waals surface area contributed by atoms with Crippen LogP contribution < -0.4 is 0 Å². The summed E-state index contributed by atoms with van der Waals surface area (Å²) in [6, 6.07) is 0. The Balaban J connectivity index is 1.52. The van der Waals surface area contributed by atoms with Crippen LogP contribution in [0, 0.1) is 40.9 Å². The molecule has 8 atom stereocenters. The van der Waals surface area contributed by atoms with Gasteiger partial charge in [0.15, 0.2) is 0 Å². The SMILES string of the molecule is C[C@]12CC[C@H]3[C@@H](CC[C@H]4C[C@](O)(C(F)F)CC[C@@H]43)[C@@H]1CC[C@@H]2C(=O)CBr. The van der Waals surface area contributed by atoms with Gasteiger partial charge in [-0.25, -0.2) is 8.78 Å². The Labute approximate surface area is 163 Å². The van der Waals surface area contributed by atoms with Crippen LogP contribution >= 0.6 is 15.9 Å². The third-order valence-electron chi connectivity index (χ3n) is 8.97. The molecule has 5 heteroatoms. The summed E-state index contributed by atoms with van der Waals surface area (Å²) in [4.78, 5) is 12.5. The van der Waals surface area contributed by atoms with Crippen molar-refractivity contribution in [1.82, 2.24) is 0 Å². The van der Waals surface area contributed by atoms with Crippen molar-refractivity contribution in [3.8, 4) is 0 Å². The highest BCUT2D eigenvalue weighted by Gasteiger charge is 2.59. The summed E-state index contributed by atoms with van der Waals surface area (Å²) in [6.07, 6.45) is 5.15. The number of hydrogen-bond acceptors (Lipinski definition) is 2. The Morgan fingerprint density at radius 1 is 1.08 bits per heavy atom. The molecule has 26 heavy (non-hydrogen) atoms. The topological polar surface area (TPSA) is 37.3 Å². The monoisotopic (exact) mass is 432 g/mol. The molecule has 4 rings (SSSR count). The number of rotatable bonds is 3. The van der Waals surface area contributed by atoms with Crippen molar-refractivity contribution in [3.05, 3.63) is 0 Å². The Morgan fingerprint density at radius 3 is 2.50 bits per heavy atom. The number of alkyl halides is 3. The van der Waals surface area contributed by atoms with Crippen molar-refractivity contribution in [3.63, 3.8) is 0 Å². The Kier molecular flexibility index (Phi) is 5.04. The second kappa shape index (κ2) is 6.79. The molecule has 0 amide bonds. The van der Waals surface area contributed by atoms with Gasteiger partial charge in [0.25, 0.3) is 6.43 Å². The lowest BCUT2D eigenvalue weighted by atomic mass is 9.49. The average Bonchev–Trinajstić information content (AvgIpc) is 2.97. The zero-order chi connectivity index (χ0) is 18.7. The zero-order valence-corrected chi connectivity index (χ0v) is 17.2. The van der Waals surface area contributed by atoms with E-state index < -0.39 is 12.0 Å². The van der Waals surface area contributed by atoms with Crippen molar-refractivity contribution in [2.75, 3.05) is 5.33 Å². The first-order valence-electron chi connectivity index (χ1n) is 10.4. The van der Waals surface area contributed by atoms with E-state index in [-0.39, 0.29) is 30.1 Å². The van der Waals surface area contributed by atoms with Gasteiger partial charge in [-0.15, -0.1) is 0 Å². The van der Waals surface area contributed by atoms with E-state index in [4.69, 9.17) is 0 Å². The normalized spacial score (nSPS) is 50.8. The smallest absolute Gasteiger partial charge is 0.266 e. The first-order chi connectivity index (χ1) is 12.3. The molecule has 0 saturated heterocycles. The molecule has 0 aromatic heterocycles. The number of aliphatic hydroxyl groups is 1. The van der Waals surface area contributed by atoms with E-state index in [1.54, 1.807) is 0 Å². The highest BCUT2D eigenvalue weighted by molar-refractivity contribution is 9.09. The molecule has 0 radical (unpaired) electrons. The number of Topliss-reactive ketones (excluding diaryl/α,β-unsaturated/α-hetero) is 1. The zero-order valence-electron chi connectivity index (χ0n) is 15.6. The van der Waals surface area contributed by atoms with Gasteiger partial charge in [-0.2, -0.15) is 0 Å². The fraction of sp³-hybridized carbons (Fsp3) is 0.952. The fourth-order valence-electron chi connectivity index (χ4n) is 7.73. The van der Waals surface area contributed by atoms with Gasteiger partial charge in [0.05, 0.1) is 5.33 Å². The van der Waals surface area contributed by atoms with Crippen LogP contribution in [0.5, 0.6) is 0 Å². The molecule has 4 aliphatic carbocycles. The summed E-state index contributed by atoms with van der Waals surface area (Å²) in [7, 11) is 0. The van der Waals surface area contributed by atoms with E-state index in [9.17, 15) is 18.7 Å². The van der Waals surface area contributed by atoms with Gasteiger partial charge in [-0.3, -0.25) is 4.79 Å². The van der Waals surface area contributed by atoms with E-state index in [0.29, 0.717) is 34.8 Å². The summed E-state index contributed by atoms with van der Waals surface area (Å²) in [5.41, 5.74) is -1.62. The van der Waals surface area contributed by atoms with Gasteiger partial charge in [0, 0.05) is 5.92 Å². The third kappa shape index (κ3) is 2.82. The summed E-state index contributed by atoms with van der Waals surface area (Å²) >= 11 is 3.37. The number of fused-ring (bicyclic) bond motifs is 5. The first-order valence-corrected chi connectivity index (χ1v) is 11.5. The Hall–Kier alpha value is -0.0300. The van der Waals surface area contributed by atoms with Crippen LogP contribution in [0.25, 0.3) is 0 Å². The summed E-state index contributed by atoms with van der Waals surface area (Å²) < 4.78 is 26.6. The van der Waals surface area contributed by atoms with E-state index in [0.717, 1.165) is 44.9 Å². The minimum atomic E-state index is -2.62. The summed E-state index contributed by atoms with van der Waals surface area (Å²) in [6.45, 7) is 2.34. The third-order valence-corrected chi connectivity index (χ3v) is 9.52. The largest absolute Gasteiger partial charge is 0.384 e. The molecular weight excluding hydrogens is 402 g/mol. The molecule has 0 aromatic carbocycles. The Morgan fingerprint density at radius 2 is 1.81 bits per heavy atom. The minimum Gasteiger partial charge on any atom is -0.384 e. The van der Waals surface area contributed by atoms with Crippen LogP contribution in [-0.4, -0.2) is 28.2 Å². The average molecular weight is 433 g/mol. The van der Waals surface area contributed by atoms with Crippen LogP contribution in [0.2, 0.25) is 0 Å². The number of halogens is 3. The Bertz CT molecular complexity index is 570. The van der Waals surface area contributed by atoms with Crippen LogP contribution in [0.3, 0.4) is 0 Å². The molecule has 0 bridgehead atoms. The highest BCUT2D eigenvalue weighted by Crippen LogP contribution is 2.64. The number of hydrogen-bond donors (Lipinski definition) is 1. The molecule has 4 fully saturated rings. The molecule has 0 aliphatic heterocycles.